The third-order valence-electron chi connectivity index (χ3n) is 5.49. The number of nitrogens with one attached hydrogen (secondary N) is 2. The van der Waals surface area contributed by atoms with Crippen molar-refractivity contribution >= 4 is 28.8 Å². The number of carbonyl (C=O) groups is 2. The number of rotatable bonds is 6. The maximum absolute atomic E-state index is 12.5. The lowest BCUT2D eigenvalue weighted by atomic mass is 9.98. The molecule has 1 aromatic heterocycles. The summed E-state index contributed by atoms with van der Waals surface area (Å²) in [6, 6.07) is 19.6. The normalized spacial score (nSPS) is 14.4. The van der Waals surface area contributed by atoms with Gasteiger partial charge >= 0.3 is 11.8 Å². The smallest absolute Gasteiger partial charge is 0.313 e. The molecule has 7 heteroatoms. The van der Waals surface area contributed by atoms with Crippen LogP contribution in [0.3, 0.4) is 0 Å². The summed E-state index contributed by atoms with van der Waals surface area (Å²) in [6.07, 6.45) is 0.973. The van der Waals surface area contributed by atoms with Crippen LogP contribution < -0.4 is 15.4 Å². The molecule has 31 heavy (non-hydrogen) atoms. The first-order chi connectivity index (χ1) is 15.2. The maximum atomic E-state index is 12.5. The van der Waals surface area contributed by atoms with Gasteiger partial charge in [-0.25, -0.2) is 0 Å². The molecule has 4 rings (SSSR count). The quantitative estimate of drug-likeness (QED) is 0.581. The number of ether oxygens (including phenoxy) is 1. The Hall–Kier alpha value is -3.16. The molecule has 0 radical (unpaired) electrons. The molecule has 3 aromatic rings. The van der Waals surface area contributed by atoms with E-state index in [2.05, 4.69) is 45.9 Å². The molecule has 2 heterocycles. The zero-order chi connectivity index (χ0) is 21.6. The second kappa shape index (κ2) is 9.76. The zero-order valence-corrected chi connectivity index (χ0v) is 18.2. The summed E-state index contributed by atoms with van der Waals surface area (Å²) in [4.78, 5) is 28.5. The number of hydrogen-bond donors (Lipinski definition) is 2. The van der Waals surface area contributed by atoms with E-state index in [0.717, 1.165) is 19.5 Å². The van der Waals surface area contributed by atoms with Crippen LogP contribution in [0.1, 0.15) is 22.0 Å². The fourth-order valence-electron chi connectivity index (χ4n) is 3.87. The highest BCUT2D eigenvalue weighted by molar-refractivity contribution is 7.10. The summed E-state index contributed by atoms with van der Waals surface area (Å²) in [7, 11) is 1.52. The van der Waals surface area contributed by atoms with Gasteiger partial charge in [0.25, 0.3) is 0 Å². The molecule has 0 fully saturated rings. The van der Waals surface area contributed by atoms with Crippen LogP contribution >= 0.6 is 11.3 Å². The molecule has 0 saturated heterocycles. The van der Waals surface area contributed by atoms with Crippen LogP contribution in [0.4, 0.5) is 5.69 Å². The van der Waals surface area contributed by atoms with Crippen molar-refractivity contribution in [3.63, 3.8) is 0 Å². The first-order valence-electron chi connectivity index (χ1n) is 10.2. The number of nitrogens with zero attached hydrogens (tertiary/aromatic N) is 1. The lowest BCUT2D eigenvalue weighted by Gasteiger charge is -2.35. The van der Waals surface area contributed by atoms with Crippen LogP contribution in [0.2, 0.25) is 0 Å². The van der Waals surface area contributed by atoms with Gasteiger partial charge in [-0.2, -0.15) is 0 Å². The van der Waals surface area contributed by atoms with Gasteiger partial charge in [-0.15, -0.1) is 11.3 Å². The molecule has 2 aromatic carbocycles. The van der Waals surface area contributed by atoms with Gasteiger partial charge in [-0.1, -0.05) is 42.5 Å². The molecule has 0 saturated carbocycles. The van der Waals surface area contributed by atoms with Crippen molar-refractivity contribution in [2.45, 2.75) is 19.0 Å². The number of methoxy groups -OCH3 is 1. The van der Waals surface area contributed by atoms with E-state index in [1.54, 1.807) is 35.6 Å². The van der Waals surface area contributed by atoms with Gasteiger partial charge < -0.3 is 15.4 Å². The van der Waals surface area contributed by atoms with E-state index in [1.807, 2.05) is 11.4 Å². The summed E-state index contributed by atoms with van der Waals surface area (Å²) in [5.74, 6) is -0.865. The Balaban J connectivity index is 1.42. The van der Waals surface area contributed by atoms with Crippen molar-refractivity contribution in [1.29, 1.82) is 0 Å². The summed E-state index contributed by atoms with van der Waals surface area (Å²) in [6.45, 7) is 2.09. The molecule has 0 spiro atoms. The minimum atomic E-state index is -0.710. The number of hydrogen-bond acceptors (Lipinski definition) is 5. The van der Waals surface area contributed by atoms with Gasteiger partial charge in [-0.3, -0.25) is 14.5 Å². The van der Waals surface area contributed by atoms with Crippen LogP contribution in [-0.2, 0) is 22.6 Å². The maximum Gasteiger partial charge on any atom is 0.313 e. The number of amides is 2. The summed E-state index contributed by atoms with van der Waals surface area (Å²) < 4.78 is 5.23. The summed E-state index contributed by atoms with van der Waals surface area (Å²) in [5, 5.41) is 7.49. The third kappa shape index (κ3) is 4.95. The van der Waals surface area contributed by atoms with E-state index >= 15 is 0 Å². The average molecular weight is 436 g/mol. The highest BCUT2D eigenvalue weighted by Crippen LogP contribution is 2.30. The van der Waals surface area contributed by atoms with Crippen molar-refractivity contribution in [2.24, 2.45) is 0 Å². The van der Waals surface area contributed by atoms with Gasteiger partial charge in [0.05, 0.1) is 18.8 Å². The monoisotopic (exact) mass is 435 g/mol. The van der Waals surface area contributed by atoms with E-state index in [0.29, 0.717) is 18.0 Å². The summed E-state index contributed by atoms with van der Waals surface area (Å²) >= 11 is 1.66. The first kappa shape index (κ1) is 21.1. The molecular formula is C24H25N3O3S. The molecule has 6 nitrogen and oxygen atoms in total. The Kier molecular flexibility index (Phi) is 6.64. The van der Waals surface area contributed by atoms with E-state index in [4.69, 9.17) is 4.74 Å². The van der Waals surface area contributed by atoms with Crippen molar-refractivity contribution in [3.8, 4) is 5.75 Å². The minimum absolute atomic E-state index is 0.0105. The lowest BCUT2D eigenvalue weighted by molar-refractivity contribution is -0.136. The largest absolute Gasteiger partial charge is 0.495 e. The zero-order valence-electron chi connectivity index (χ0n) is 17.3. The first-order valence-corrected chi connectivity index (χ1v) is 11.1. The molecule has 1 aliphatic heterocycles. The van der Waals surface area contributed by atoms with E-state index in [9.17, 15) is 9.59 Å². The third-order valence-corrected chi connectivity index (χ3v) is 6.46. The molecule has 0 aliphatic carbocycles. The minimum Gasteiger partial charge on any atom is -0.495 e. The molecule has 1 aliphatic rings. The Morgan fingerprint density at radius 3 is 2.58 bits per heavy atom. The van der Waals surface area contributed by atoms with Crippen LogP contribution in [0.15, 0.2) is 66.0 Å². The average Bonchev–Trinajstić information content (AvgIpc) is 3.34. The van der Waals surface area contributed by atoms with Gasteiger partial charge in [-0.05, 0) is 41.1 Å². The molecule has 1 atom stereocenters. The standard InChI is InChI=1S/C24H25N3O3S/c1-30-21-10-5-4-9-19(21)26-24(29)23(28)25-15-20(22-11-6-14-31-22)27-13-12-17-7-2-3-8-18(17)16-27/h2-11,14,20H,12-13,15-16H2,1H3,(H,25,28)(H,26,29)/t20-/m1/s1. The number of fused-ring (bicyclic) bond motifs is 1. The molecule has 0 bridgehead atoms. The van der Waals surface area contributed by atoms with Gasteiger partial charge in [0.15, 0.2) is 0 Å². The number of thiophene rings is 1. The number of para-hydroxylation sites is 2. The van der Waals surface area contributed by atoms with Crippen LogP contribution in [0.5, 0.6) is 5.75 Å². The predicted octanol–water partition coefficient (Wildman–Crippen LogP) is 3.61. The SMILES string of the molecule is COc1ccccc1NC(=O)C(=O)NC[C@H](c1cccs1)N1CCc2ccccc2C1. The topological polar surface area (TPSA) is 70.7 Å². The number of benzene rings is 2. The fraction of sp³-hybridized carbons (Fsp3) is 0.250. The molecule has 0 unspecified atom stereocenters. The van der Waals surface area contributed by atoms with Crippen molar-refractivity contribution in [1.82, 2.24) is 10.2 Å². The lowest BCUT2D eigenvalue weighted by Crippen LogP contribution is -2.43. The van der Waals surface area contributed by atoms with Crippen LogP contribution in [-0.4, -0.2) is 36.9 Å². The Bertz CT molecular complexity index is 1050. The highest BCUT2D eigenvalue weighted by atomic mass is 32.1. The highest BCUT2D eigenvalue weighted by Gasteiger charge is 2.27. The van der Waals surface area contributed by atoms with E-state index in [1.165, 1.54) is 23.1 Å². The van der Waals surface area contributed by atoms with E-state index < -0.39 is 11.8 Å². The fourth-order valence-corrected chi connectivity index (χ4v) is 4.73. The molecule has 2 N–H and O–H groups in total. The molecular weight excluding hydrogens is 410 g/mol. The van der Waals surface area contributed by atoms with Gasteiger partial charge in [0, 0.05) is 24.5 Å². The van der Waals surface area contributed by atoms with Crippen molar-refractivity contribution in [3.05, 3.63) is 82.0 Å². The summed E-state index contributed by atoms with van der Waals surface area (Å²) in [5.41, 5.74) is 3.16. The van der Waals surface area contributed by atoms with Gasteiger partial charge in [0.1, 0.15) is 5.75 Å². The van der Waals surface area contributed by atoms with Crippen LogP contribution in [0, 0.1) is 0 Å². The number of anilines is 1. The van der Waals surface area contributed by atoms with E-state index in [-0.39, 0.29) is 6.04 Å². The second-order valence-electron chi connectivity index (χ2n) is 7.38. The molecule has 160 valence electrons. The van der Waals surface area contributed by atoms with Gasteiger partial charge in [0.2, 0.25) is 0 Å². The van der Waals surface area contributed by atoms with Crippen molar-refractivity contribution < 1.29 is 14.3 Å². The Labute approximate surface area is 185 Å². The van der Waals surface area contributed by atoms with Crippen LogP contribution in [0.25, 0.3) is 0 Å². The Morgan fingerprint density at radius 2 is 1.81 bits per heavy atom. The second-order valence-corrected chi connectivity index (χ2v) is 8.36. The number of carbonyl (C=O) groups excluding carboxylic acids is 2. The predicted molar refractivity (Wildman–Crippen MR) is 122 cm³/mol. The molecule has 2 amide bonds. The van der Waals surface area contributed by atoms with Crippen molar-refractivity contribution in [2.75, 3.05) is 25.5 Å². The Morgan fingerprint density at radius 1 is 1.03 bits per heavy atom.